The summed E-state index contributed by atoms with van der Waals surface area (Å²) < 4.78 is 1.63. The topological polar surface area (TPSA) is 108 Å². The van der Waals surface area contributed by atoms with Crippen LogP contribution in [0.15, 0.2) is 58.2 Å². The summed E-state index contributed by atoms with van der Waals surface area (Å²) in [4.78, 5) is 25.3. The van der Waals surface area contributed by atoms with E-state index in [0.29, 0.717) is 44.9 Å². The van der Waals surface area contributed by atoms with Crippen LogP contribution in [0.5, 0.6) is 0 Å². The summed E-state index contributed by atoms with van der Waals surface area (Å²) in [7, 11) is 0. The van der Waals surface area contributed by atoms with Crippen molar-refractivity contribution in [2.24, 2.45) is 5.92 Å². The minimum atomic E-state index is -0.152. The lowest BCUT2D eigenvalue weighted by atomic mass is 10.1. The second-order valence-electron chi connectivity index (χ2n) is 8.02. The first-order valence-corrected chi connectivity index (χ1v) is 11.8. The molecule has 0 aliphatic rings. The van der Waals surface area contributed by atoms with E-state index in [1.807, 2.05) is 30.3 Å². The Bertz CT molecular complexity index is 1430. The molecule has 0 fully saturated rings. The summed E-state index contributed by atoms with van der Waals surface area (Å²) in [6.45, 7) is 4.68. The lowest BCUT2D eigenvalue weighted by molar-refractivity contribution is 0.420. The fourth-order valence-electron chi connectivity index (χ4n) is 3.40. The van der Waals surface area contributed by atoms with Crippen LogP contribution < -0.4 is 5.56 Å². The molecule has 9 heteroatoms. The average Bonchev–Trinajstić information content (AvgIpc) is 3.21. The van der Waals surface area contributed by atoms with Gasteiger partial charge in [-0.25, -0.2) is 9.97 Å². The number of fused-ring (bicyclic) bond motifs is 2. The van der Waals surface area contributed by atoms with E-state index in [9.17, 15) is 15.2 Å². The van der Waals surface area contributed by atoms with Crippen LogP contribution in [0.1, 0.15) is 26.1 Å². The molecule has 4 rings (SSSR count). The first kappa shape index (κ1) is 22.9. The van der Waals surface area contributed by atoms with Gasteiger partial charge in [-0.15, -0.1) is 0 Å². The molecule has 4 aromatic rings. The predicted octanol–water partition coefficient (Wildman–Crippen LogP) is 5.56. The number of aliphatic hydroxyl groups excluding tert-OH is 1. The predicted molar refractivity (Wildman–Crippen MR) is 132 cm³/mol. The Balaban J connectivity index is 1.70. The number of para-hydroxylation sites is 2. The Morgan fingerprint density at radius 2 is 2.03 bits per heavy atom. The van der Waals surface area contributed by atoms with Crippen molar-refractivity contribution in [1.82, 2.24) is 19.5 Å². The van der Waals surface area contributed by atoms with Gasteiger partial charge in [0.2, 0.25) is 0 Å². The average molecular weight is 480 g/mol. The molecule has 0 aliphatic heterocycles. The van der Waals surface area contributed by atoms with Crippen molar-refractivity contribution in [2.75, 3.05) is 5.75 Å². The van der Waals surface area contributed by atoms with Gasteiger partial charge in [0.1, 0.15) is 17.4 Å². The molecule has 0 radical (unpaired) electrons. The van der Waals surface area contributed by atoms with Crippen LogP contribution in [-0.2, 0) is 6.54 Å². The minimum Gasteiger partial charge on any atom is -0.510 e. The van der Waals surface area contributed by atoms with E-state index >= 15 is 0 Å². The van der Waals surface area contributed by atoms with Crippen LogP contribution in [0.2, 0.25) is 5.02 Å². The summed E-state index contributed by atoms with van der Waals surface area (Å²) in [6, 6.07) is 14.4. The molecule has 0 atom stereocenters. The van der Waals surface area contributed by atoms with Crippen molar-refractivity contribution in [2.45, 2.75) is 32.0 Å². The number of nitrogens with zero attached hydrogens (tertiary/aromatic N) is 4. The van der Waals surface area contributed by atoms with Crippen molar-refractivity contribution in [3.05, 3.63) is 69.4 Å². The van der Waals surface area contributed by atoms with E-state index in [1.54, 1.807) is 22.8 Å². The number of imidazole rings is 1. The summed E-state index contributed by atoms with van der Waals surface area (Å²) in [5.74, 6) is 0.618. The molecule has 7 nitrogen and oxygen atoms in total. The molecular weight excluding hydrogens is 458 g/mol. The van der Waals surface area contributed by atoms with Crippen molar-refractivity contribution in [3.8, 4) is 6.07 Å². The first-order chi connectivity index (χ1) is 15.9. The normalized spacial score (nSPS) is 12.3. The van der Waals surface area contributed by atoms with Gasteiger partial charge in [-0.2, -0.15) is 5.26 Å². The molecule has 0 unspecified atom stereocenters. The van der Waals surface area contributed by atoms with Crippen molar-refractivity contribution >= 4 is 50.9 Å². The number of H-pyrrole nitrogens is 1. The van der Waals surface area contributed by atoms with E-state index < -0.39 is 0 Å². The number of aliphatic hydroxyl groups is 1. The SMILES string of the molecule is CC(C)CCn1c(SC/C(O)=C(\C#N)c2nc3ccccc3[nH]2)nc2cc(Cl)ccc2c1=O. The summed E-state index contributed by atoms with van der Waals surface area (Å²) in [6.07, 6.45) is 0.804. The Morgan fingerprint density at radius 1 is 1.24 bits per heavy atom. The van der Waals surface area contributed by atoms with Crippen LogP contribution in [0, 0.1) is 17.2 Å². The van der Waals surface area contributed by atoms with E-state index in [1.165, 1.54) is 11.8 Å². The maximum Gasteiger partial charge on any atom is 0.262 e. The number of thioether (sulfide) groups is 1. The molecule has 0 amide bonds. The Labute approximate surface area is 199 Å². The number of benzene rings is 2. The Morgan fingerprint density at radius 3 is 2.76 bits per heavy atom. The molecule has 0 aliphatic carbocycles. The lowest BCUT2D eigenvalue weighted by Gasteiger charge is -2.14. The highest BCUT2D eigenvalue weighted by atomic mass is 35.5. The molecule has 0 saturated carbocycles. The molecule has 168 valence electrons. The molecule has 0 bridgehead atoms. The Hall–Kier alpha value is -3.28. The molecule has 33 heavy (non-hydrogen) atoms. The van der Waals surface area contributed by atoms with Crippen molar-refractivity contribution in [3.63, 3.8) is 0 Å². The van der Waals surface area contributed by atoms with E-state index in [0.717, 1.165) is 11.9 Å². The number of halogens is 1. The van der Waals surface area contributed by atoms with Gasteiger partial charge >= 0.3 is 0 Å². The summed E-state index contributed by atoms with van der Waals surface area (Å²) in [5.41, 5.74) is 1.88. The van der Waals surface area contributed by atoms with Crippen LogP contribution in [0.25, 0.3) is 27.5 Å². The summed E-state index contributed by atoms with van der Waals surface area (Å²) in [5, 5.41) is 21.8. The third-order valence-corrected chi connectivity index (χ3v) is 6.40. The fourth-order valence-corrected chi connectivity index (χ4v) is 4.47. The molecule has 2 heterocycles. The quantitative estimate of drug-likeness (QED) is 0.155. The van der Waals surface area contributed by atoms with Gasteiger partial charge in [-0.1, -0.05) is 49.3 Å². The van der Waals surface area contributed by atoms with Crippen molar-refractivity contribution < 1.29 is 5.11 Å². The molecular formula is C24H22ClN5O2S. The van der Waals surface area contributed by atoms with Crippen LogP contribution >= 0.6 is 23.4 Å². The van der Waals surface area contributed by atoms with Gasteiger partial charge in [0.25, 0.3) is 5.56 Å². The number of nitrogens with one attached hydrogen (secondary N) is 1. The maximum atomic E-state index is 13.2. The number of hydrogen-bond acceptors (Lipinski definition) is 6. The van der Waals surface area contributed by atoms with Crippen LogP contribution in [-0.4, -0.2) is 30.4 Å². The van der Waals surface area contributed by atoms with Crippen molar-refractivity contribution in [1.29, 1.82) is 5.26 Å². The largest absolute Gasteiger partial charge is 0.510 e. The number of aromatic nitrogens is 4. The zero-order chi connectivity index (χ0) is 23.5. The highest BCUT2D eigenvalue weighted by Crippen LogP contribution is 2.25. The number of allylic oxidation sites excluding steroid dienone is 1. The highest BCUT2D eigenvalue weighted by molar-refractivity contribution is 7.99. The van der Waals surface area contributed by atoms with Gasteiger partial charge in [-0.05, 0) is 42.7 Å². The standard InChI is InChI=1S/C24H22ClN5O2S/c1-14(2)9-10-30-23(32)16-8-7-15(25)11-20(16)29-24(30)33-13-21(31)17(12-26)22-27-18-5-3-4-6-19(18)28-22/h3-8,11,14,31H,9-10,13H2,1-2H3,(H,27,28)/b21-17-. The Kier molecular flexibility index (Phi) is 6.72. The molecule has 2 aromatic carbocycles. The van der Waals surface area contributed by atoms with Gasteiger partial charge < -0.3 is 10.1 Å². The third-order valence-electron chi connectivity index (χ3n) is 5.18. The van der Waals surface area contributed by atoms with E-state index in [4.69, 9.17) is 11.6 Å². The van der Waals surface area contributed by atoms with E-state index in [2.05, 4.69) is 28.8 Å². The van der Waals surface area contributed by atoms with Crippen LogP contribution in [0.4, 0.5) is 0 Å². The molecule has 2 aromatic heterocycles. The van der Waals surface area contributed by atoms with E-state index in [-0.39, 0.29) is 22.6 Å². The smallest absolute Gasteiger partial charge is 0.262 e. The number of aromatic amines is 1. The van der Waals surface area contributed by atoms with Gasteiger partial charge in [-0.3, -0.25) is 9.36 Å². The lowest BCUT2D eigenvalue weighted by Crippen LogP contribution is -2.24. The van der Waals surface area contributed by atoms with Crippen LogP contribution in [0.3, 0.4) is 0 Å². The fraction of sp³-hybridized carbons (Fsp3) is 0.250. The number of hydrogen-bond donors (Lipinski definition) is 2. The van der Waals surface area contributed by atoms with Gasteiger partial charge in [0, 0.05) is 11.6 Å². The van der Waals surface area contributed by atoms with Gasteiger partial charge in [0.15, 0.2) is 11.0 Å². The third kappa shape index (κ3) is 4.90. The number of rotatable bonds is 7. The molecule has 0 spiro atoms. The second kappa shape index (κ2) is 9.69. The maximum absolute atomic E-state index is 13.2. The monoisotopic (exact) mass is 479 g/mol. The molecule has 0 saturated heterocycles. The first-order valence-electron chi connectivity index (χ1n) is 10.5. The highest BCUT2D eigenvalue weighted by Gasteiger charge is 2.17. The number of nitriles is 1. The zero-order valence-electron chi connectivity index (χ0n) is 18.2. The minimum absolute atomic E-state index is 0.0543. The summed E-state index contributed by atoms with van der Waals surface area (Å²) >= 11 is 7.30. The second-order valence-corrected chi connectivity index (χ2v) is 9.40. The zero-order valence-corrected chi connectivity index (χ0v) is 19.7. The molecule has 2 N–H and O–H groups in total. The van der Waals surface area contributed by atoms with Gasteiger partial charge in [0.05, 0.1) is 27.7 Å².